The number of ether oxygens (including phenoxy) is 1. The van der Waals surface area contributed by atoms with Crippen LogP contribution in [0.2, 0.25) is 5.02 Å². The lowest BCUT2D eigenvalue weighted by Crippen LogP contribution is -2.51. The molecule has 0 bridgehead atoms. The van der Waals surface area contributed by atoms with Crippen LogP contribution in [0.1, 0.15) is 57.3 Å². The minimum atomic E-state index is -4.61. The Labute approximate surface area is 294 Å². The van der Waals surface area contributed by atoms with Gasteiger partial charge in [-0.25, -0.2) is 4.79 Å². The van der Waals surface area contributed by atoms with E-state index in [4.69, 9.17) is 21.3 Å². The van der Waals surface area contributed by atoms with Crippen molar-refractivity contribution in [1.82, 2.24) is 33.8 Å². The van der Waals surface area contributed by atoms with Crippen LogP contribution in [0, 0.1) is 0 Å². The monoisotopic (exact) mass is 725 g/mol. The van der Waals surface area contributed by atoms with E-state index >= 15 is 0 Å². The Hall–Kier alpha value is -5.12. The second-order valence-electron chi connectivity index (χ2n) is 13.9. The van der Waals surface area contributed by atoms with E-state index in [0.29, 0.717) is 43.1 Å². The number of rotatable bonds is 4. The van der Waals surface area contributed by atoms with Crippen LogP contribution in [0.4, 0.5) is 29.3 Å². The van der Waals surface area contributed by atoms with E-state index in [1.807, 2.05) is 37.1 Å². The minimum Gasteiger partial charge on any atom is -0.444 e. The third-order valence-electron chi connectivity index (χ3n) is 9.17. The molecule has 0 saturated carbocycles. The van der Waals surface area contributed by atoms with E-state index in [0.717, 1.165) is 29.1 Å². The highest BCUT2D eigenvalue weighted by atomic mass is 35.5. The summed E-state index contributed by atoms with van der Waals surface area (Å²) >= 11 is 6.20. The Kier molecular flexibility index (Phi) is 8.27. The lowest BCUT2D eigenvalue weighted by molar-refractivity contribution is -0.137. The molecule has 2 amide bonds. The Morgan fingerprint density at radius 2 is 1.76 bits per heavy atom. The predicted octanol–water partition coefficient (Wildman–Crippen LogP) is 5.86. The molecule has 1 saturated heterocycles. The molecule has 1 N–H and O–H groups in total. The van der Waals surface area contributed by atoms with Crippen molar-refractivity contribution in [3.8, 4) is 11.4 Å². The number of halogens is 4. The van der Waals surface area contributed by atoms with Crippen molar-refractivity contribution in [3.63, 3.8) is 0 Å². The molecule has 1 fully saturated rings. The number of amides is 2. The summed E-state index contributed by atoms with van der Waals surface area (Å²) in [6.45, 7) is 8.50. The van der Waals surface area contributed by atoms with Gasteiger partial charge in [0.25, 0.3) is 5.56 Å². The molecule has 0 aliphatic carbocycles. The van der Waals surface area contributed by atoms with Gasteiger partial charge in [-0.05, 0) is 63.6 Å². The molecule has 5 heterocycles. The number of alkyl halides is 3. The summed E-state index contributed by atoms with van der Waals surface area (Å²) in [5, 5.41) is 12.2. The number of benzene rings is 2. The van der Waals surface area contributed by atoms with Gasteiger partial charge in [-0.15, -0.1) is 5.10 Å². The standard InChI is InChI=1S/C34H35ClF3N9O4/c1-18-14-25(29(48)40-23-8-7-21(16-22(23)35)34(36,37)38)46-26(18)27(44-10-12-45(13-11-44)32(50)51-33(2,3)4)30(49)47-31(46)41-28(42-47)19-6-9-24-20(15-19)17-39-43(24)5/h6-9,15-18,25H,10-14H2,1-5H3,(H,40,48)/t18-,25-/m1/s1. The second kappa shape index (κ2) is 12.3. The first kappa shape index (κ1) is 34.3. The molecule has 268 valence electrons. The normalized spacial score (nSPS) is 18.1. The number of hydrogen-bond acceptors (Lipinski definition) is 8. The molecule has 2 aliphatic heterocycles. The average Bonchev–Trinajstić information content (AvgIpc) is 3.76. The van der Waals surface area contributed by atoms with Gasteiger partial charge >= 0.3 is 12.3 Å². The van der Waals surface area contributed by atoms with E-state index < -0.39 is 40.9 Å². The number of carbonyl (C=O) groups excluding carboxylic acids is 2. The summed E-state index contributed by atoms with van der Waals surface area (Å²) in [5.74, 6) is -0.471. The molecule has 7 rings (SSSR count). The maximum atomic E-state index is 14.4. The van der Waals surface area contributed by atoms with Crippen LogP contribution in [0.25, 0.3) is 28.1 Å². The fourth-order valence-electron chi connectivity index (χ4n) is 6.75. The second-order valence-corrected chi connectivity index (χ2v) is 14.3. The minimum absolute atomic E-state index is 0.0123. The number of anilines is 2. The number of nitrogens with one attached hydrogen (secondary N) is 1. The van der Waals surface area contributed by atoms with Crippen LogP contribution in [0.3, 0.4) is 0 Å². The zero-order chi connectivity index (χ0) is 36.6. The molecular formula is C34H35ClF3N9O4. The number of nitrogens with zero attached hydrogens (tertiary/aromatic N) is 8. The van der Waals surface area contributed by atoms with Crippen LogP contribution in [-0.4, -0.2) is 77.6 Å². The molecule has 3 aromatic heterocycles. The lowest BCUT2D eigenvalue weighted by Gasteiger charge is -2.37. The number of carbonyl (C=O) groups is 2. The lowest BCUT2D eigenvalue weighted by atomic mass is 10.0. The van der Waals surface area contributed by atoms with E-state index in [1.165, 1.54) is 4.52 Å². The zero-order valence-corrected chi connectivity index (χ0v) is 29.2. The van der Waals surface area contributed by atoms with Crippen molar-refractivity contribution in [2.45, 2.75) is 57.9 Å². The van der Waals surface area contributed by atoms with E-state index in [9.17, 15) is 27.6 Å². The maximum Gasteiger partial charge on any atom is 0.416 e. The summed E-state index contributed by atoms with van der Waals surface area (Å²) < 4.78 is 50.0. The summed E-state index contributed by atoms with van der Waals surface area (Å²) in [7, 11) is 1.83. The molecular weight excluding hydrogens is 691 g/mol. The molecule has 0 spiro atoms. The topological polar surface area (TPSA) is 132 Å². The molecule has 0 unspecified atom stereocenters. The van der Waals surface area contributed by atoms with Gasteiger partial charge in [0.2, 0.25) is 11.7 Å². The average molecular weight is 726 g/mol. The molecule has 0 radical (unpaired) electrons. The van der Waals surface area contributed by atoms with E-state index in [-0.39, 0.29) is 34.7 Å². The van der Waals surface area contributed by atoms with Gasteiger partial charge in [0.15, 0.2) is 5.82 Å². The zero-order valence-electron chi connectivity index (χ0n) is 28.5. The summed E-state index contributed by atoms with van der Waals surface area (Å²) in [5.41, 5.74) is 0.397. The SMILES string of the molecule is C[C@@H]1C[C@H](C(=O)Nc2ccc(C(F)(F)F)cc2Cl)n2c1c(N1CCN(C(=O)OC(C)(C)C)CC1)c(=O)n1nc(-c3ccc4c(cnn4C)c3)nc21. The number of hydrogen-bond donors (Lipinski definition) is 1. The van der Waals surface area contributed by atoms with Crippen LogP contribution in [0.5, 0.6) is 0 Å². The molecule has 5 aromatic rings. The molecule has 13 nitrogen and oxygen atoms in total. The van der Waals surface area contributed by atoms with Crippen molar-refractivity contribution in [1.29, 1.82) is 0 Å². The number of aryl methyl sites for hydroxylation is 1. The number of piperazine rings is 1. The first-order chi connectivity index (χ1) is 24.0. The fraction of sp³-hybridized carbons (Fsp3) is 0.412. The number of aromatic nitrogens is 6. The van der Waals surface area contributed by atoms with Gasteiger partial charge < -0.3 is 19.9 Å². The maximum absolute atomic E-state index is 14.4. The van der Waals surface area contributed by atoms with Crippen molar-refractivity contribution in [2.24, 2.45) is 7.05 Å². The van der Waals surface area contributed by atoms with Crippen molar-refractivity contribution in [3.05, 3.63) is 69.2 Å². The van der Waals surface area contributed by atoms with Gasteiger partial charge in [-0.1, -0.05) is 18.5 Å². The third kappa shape index (κ3) is 6.25. The van der Waals surface area contributed by atoms with Crippen LogP contribution in [-0.2, 0) is 22.8 Å². The van der Waals surface area contributed by atoms with Crippen molar-refractivity contribution < 1.29 is 27.5 Å². The Bertz CT molecular complexity index is 2270. The summed E-state index contributed by atoms with van der Waals surface area (Å²) in [4.78, 5) is 49.5. The fourth-order valence-corrected chi connectivity index (χ4v) is 6.98. The van der Waals surface area contributed by atoms with Crippen LogP contribution >= 0.6 is 11.6 Å². The highest BCUT2D eigenvalue weighted by Crippen LogP contribution is 2.42. The van der Waals surface area contributed by atoms with Gasteiger partial charge in [0, 0.05) is 50.1 Å². The quantitative estimate of drug-likeness (QED) is 0.244. The molecule has 51 heavy (non-hydrogen) atoms. The van der Waals surface area contributed by atoms with Crippen molar-refractivity contribution >= 4 is 51.7 Å². The predicted molar refractivity (Wildman–Crippen MR) is 184 cm³/mol. The summed E-state index contributed by atoms with van der Waals surface area (Å²) in [6, 6.07) is 7.36. The van der Waals surface area contributed by atoms with Gasteiger partial charge in [-0.3, -0.25) is 18.8 Å². The summed E-state index contributed by atoms with van der Waals surface area (Å²) in [6.07, 6.45) is -3.08. The van der Waals surface area contributed by atoms with E-state index in [2.05, 4.69) is 15.5 Å². The smallest absolute Gasteiger partial charge is 0.416 e. The molecule has 17 heteroatoms. The van der Waals surface area contributed by atoms with Gasteiger partial charge in [0.1, 0.15) is 17.3 Å². The Morgan fingerprint density at radius 3 is 2.43 bits per heavy atom. The van der Waals surface area contributed by atoms with Crippen LogP contribution < -0.4 is 15.8 Å². The largest absolute Gasteiger partial charge is 0.444 e. The molecule has 2 aliphatic rings. The van der Waals surface area contributed by atoms with Crippen molar-refractivity contribution in [2.75, 3.05) is 36.4 Å². The first-order valence-electron chi connectivity index (χ1n) is 16.4. The van der Waals surface area contributed by atoms with E-state index in [1.54, 1.807) is 41.1 Å². The molecule has 2 atom stereocenters. The van der Waals surface area contributed by atoms with Gasteiger partial charge in [-0.2, -0.15) is 27.8 Å². The number of fused-ring (bicyclic) bond motifs is 4. The highest BCUT2D eigenvalue weighted by molar-refractivity contribution is 6.33. The molecule has 2 aromatic carbocycles. The Morgan fingerprint density at radius 1 is 1.04 bits per heavy atom. The van der Waals surface area contributed by atoms with Crippen LogP contribution in [0.15, 0.2) is 47.4 Å². The van der Waals surface area contributed by atoms with Gasteiger partial charge in [0.05, 0.1) is 33.7 Å². The first-order valence-corrected chi connectivity index (χ1v) is 16.8. The Balaban J connectivity index is 1.31. The third-order valence-corrected chi connectivity index (χ3v) is 9.48. The highest BCUT2D eigenvalue weighted by Gasteiger charge is 2.41.